The normalized spacial score (nSPS) is 28.7. The molecule has 0 aromatic rings. The summed E-state index contributed by atoms with van der Waals surface area (Å²) in [5.74, 6) is 0. The lowest BCUT2D eigenvalue weighted by Gasteiger charge is -2.41. The van der Waals surface area contributed by atoms with Crippen LogP contribution in [-0.2, 0) is 0 Å². The van der Waals surface area contributed by atoms with Gasteiger partial charge in [-0.15, -0.1) is 0 Å². The zero-order valence-electron chi connectivity index (χ0n) is 9.87. The van der Waals surface area contributed by atoms with Crippen molar-refractivity contribution < 1.29 is 5.11 Å². The summed E-state index contributed by atoms with van der Waals surface area (Å²) in [7, 11) is 0. The molecule has 1 N–H and O–H groups in total. The van der Waals surface area contributed by atoms with Gasteiger partial charge in [-0.1, -0.05) is 20.3 Å². The Morgan fingerprint density at radius 1 is 1.36 bits per heavy atom. The first-order chi connectivity index (χ1) is 6.70. The molecule has 84 valence electrons. The highest BCUT2D eigenvalue weighted by Gasteiger charge is 2.28. The van der Waals surface area contributed by atoms with Gasteiger partial charge < -0.3 is 5.11 Å². The highest BCUT2D eigenvalue weighted by Crippen LogP contribution is 2.23. The molecule has 0 aromatic heterocycles. The third-order valence-corrected chi connectivity index (χ3v) is 3.64. The maximum atomic E-state index is 9.85. The fourth-order valence-corrected chi connectivity index (χ4v) is 2.56. The number of piperidine rings is 1. The molecule has 1 rings (SSSR count). The molecule has 2 nitrogen and oxygen atoms in total. The van der Waals surface area contributed by atoms with Crippen molar-refractivity contribution in [1.82, 2.24) is 4.90 Å². The van der Waals surface area contributed by atoms with Crippen LogP contribution in [0.3, 0.4) is 0 Å². The van der Waals surface area contributed by atoms with Crippen LogP contribution in [0.1, 0.15) is 52.9 Å². The summed E-state index contributed by atoms with van der Waals surface area (Å²) in [5, 5.41) is 9.85. The topological polar surface area (TPSA) is 23.5 Å². The molecule has 0 radical (unpaired) electrons. The van der Waals surface area contributed by atoms with Crippen LogP contribution in [0.4, 0.5) is 0 Å². The van der Waals surface area contributed by atoms with Gasteiger partial charge in [-0.25, -0.2) is 0 Å². The first-order valence-corrected chi connectivity index (χ1v) is 6.14. The van der Waals surface area contributed by atoms with E-state index in [2.05, 4.69) is 25.7 Å². The number of nitrogens with zero attached hydrogens (tertiary/aromatic N) is 1. The number of rotatable bonds is 4. The largest absolute Gasteiger partial charge is 0.392 e. The van der Waals surface area contributed by atoms with E-state index in [0.29, 0.717) is 12.1 Å². The molecular formula is C12H25NO. The molecule has 1 saturated heterocycles. The van der Waals surface area contributed by atoms with Gasteiger partial charge in [-0.05, 0) is 39.2 Å². The Bertz CT molecular complexity index is 160. The Balaban J connectivity index is 2.53. The van der Waals surface area contributed by atoms with Crippen molar-refractivity contribution in [2.45, 2.75) is 71.1 Å². The summed E-state index contributed by atoms with van der Waals surface area (Å²) < 4.78 is 0. The smallest absolute Gasteiger partial charge is 0.0690 e. The molecule has 0 spiro atoms. The molecule has 3 unspecified atom stereocenters. The van der Waals surface area contributed by atoms with Crippen LogP contribution in [0.5, 0.6) is 0 Å². The molecule has 0 amide bonds. The Kier molecular flexibility index (Phi) is 4.90. The van der Waals surface area contributed by atoms with Crippen LogP contribution in [0.2, 0.25) is 0 Å². The van der Waals surface area contributed by atoms with Gasteiger partial charge in [-0.3, -0.25) is 4.90 Å². The predicted molar refractivity (Wildman–Crippen MR) is 60.4 cm³/mol. The Morgan fingerprint density at radius 2 is 2.07 bits per heavy atom. The molecule has 14 heavy (non-hydrogen) atoms. The highest BCUT2D eigenvalue weighted by atomic mass is 16.3. The molecule has 0 saturated carbocycles. The summed E-state index contributed by atoms with van der Waals surface area (Å²) in [4.78, 5) is 2.51. The minimum atomic E-state index is -0.151. The van der Waals surface area contributed by atoms with Gasteiger partial charge in [0, 0.05) is 12.1 Å². The fraction of sp³-hybridized carbons (Fsp3) is 1.00. The summed E-state index contributed by atoms with van der Waals surface area (Å²) in [6, 6.07) is 1.05. The average Bonchev–Trinajstić information content (AvgIpc) is 2.26. The molecule has 1 aliphatic rings. The van der Waals surface area contributed by atoms with Crippen molar-refractivity contribution in [1.29, 1.82) is 0 Å². The minimum Gasteiger partial charge on any atom is -0.392 e. The standard InChI is InChI=1S/C12H25NO/c1-4-11-8-6-7-9-13(11)10(3)12(14)5-2/h10-12,14H,4-9H2,1-3H3. The molecular weight excluding hydrogens is 174 g/mol. The SMILES string of the molecule is CCC(O)C(C)N1CCCCC1CC. The van der Waals surface area contributed by atoms with Crippen molar-refractivity contribution in [3.8, 4) is 0 Å². The lowest BCUT2D eigenvalue weighted by molar-refractivity contribution is 0.0137. The van der Waals surface area contributed by atoms with E-state index in [0.717, 1.165) is 6.42 Å². The van der Waals surface area contributed by atoms with E-state index >= 15 is 0 Å². The number of hydrogen-bond acceptors (Lipinski definition) is 2. The van der Waals surface area contributed by atoms with Crippen LogP contribution >= 0.6 is 0 Å². The van der Waals surface area contributed by atoms with Crippen LogP contribution in [0.25, 0.3) is 0 Å². The summed E-state index contributed by atoms with van der Waals surface area (Å²) in [5.41, 5.74) is 0. The second-order valence-electron chi connectivity index (χ2n) is 4.51. The lowest BCUT2D eigenvalue weighted by Crippen LogP contribution is -2.49. The maximum absolute atomic E-state index is 9.85. The van der Waals surface area contributed by atoms with Gasteiger partial charge in [0.15, 0.2) is 0 Å². The van der Waals surface area contributed by atoms with Gasteiger partial charge >= 0.3 is 0 Å². The quantitative estimate of drug-likeness (QED) is 0.751. The molecule has 1 aliphatic heterocycles. The third kappa shape index (κ3) is 2.71. The van der Waals surface area contributed by atoms with Gasteiger partial charge in [0.25, 0.3) is 0 Å². The van der Waals surface area contributed by atoms with Crippen LogP contribution in [-0.4, -0.2) is 34.7 Å². The molecule has 0 aliphatic carbocycles. The highest BCUT2D eigenvalue weighted by molar-refractivity contribution is 4.83. The van der Waals surface area contributed by atoms with Gasteiger partial charge in [0.2, 0.25) is 0 Å². The minimum absolute atomic E-state index is 0.151. The van der Waals surface area contributed by atoms with Crippen molar-refractivity contribution >= 4 is 0 Å². The Morgan fingerprint density at radius 3 is 2.64 bits per heavy atom. The maximum Gasteiger partial charge on any atom is 0.0690 e. The van der Waals surface area contributed by atoms with Gasteiger partial charge in [0.1, 0.15) is 0 Å². The molecule has 2 heteroatoms. The van der Waals surface area contributed by atoms with E-state index in [1.165, 1.54) is 32.2 Å². The zero-order chi connectivity index (χ0) is 10.6. The van der Waals surface area contributed by atoms with E-state index in [1.807, 2.05) is 0 Å². The zero-order valence-corrected chi connectivity index (χ0v) is 9.87. The predicted octanol–water partition coefficient (Wildman–Crippen LogP) is 2.41. The number of hydrogen-bond donors (Lipinski definition) is 1. The number of likely N-dealkylation sites (tertiary alicyclic amines) is 1. The van der Waals surface area contributed by atoms with E-state index < -0.39 is 0 Å². The molecule has 1 heterocycles. The average molecular weight is 199 g/mol. The van der Waals surface area contributed by atoms with Crippen molar-refractivity contribution in [3.63, 3.8) is 0 Å². The van der Waals surface area contributed by atoms with Crippen molar-refractivity contribution in [2.75, 3.05) is 6.54 Å². The second-order valence-corrected chi connectivity index (χ2v) is 4.51. The lowest BCUT2D eigenvalue weighted by atomic mass is 9.96. The van der Waals surface area contributed by atoms with Crippen molar-refractivity contribution in [2.24, 2.45) is 0 Å². The van der Waals surface area contributed by atoms with Crippen LogP contribution in [0, 0.1) is 0 Å². The molecule has 3 atom stereocenters. The molecule has 0 aromatic carbocycles. The number of aliphatic hydroxyl groups is 1. The Labute approximate surface area is 88.3 Å². The molecule has 0 bridgehead atoms. The fourth-order valence-electron chi connectivity index (χ4n) is 2.56. The summed E-state index contributed by atoms with van der Waals surface area (Å²) in [6.07, 6.45) is 5.93. The van der Waals surface area contributed by atoms with E-state index in [-0.39, 0.29) is 6.10 Å². The van der Waals surface area contributed by atoms with Crippen LogP contribution < -0.4 is 0 Å². The van der Waals surface area contributed by atoms with E-state index in [9.17, 15) is 5.11 Å². The van der Waals surface area contributed by atoms with E-state index in [4.69, 9.17) is 0 Å². The van der Waals surface area contributed by atoms with E-state index in [1.54, 1.807) is 0 Å². The van der Waals surface area contributed by atoms with Crippen LogP contribution in [0.15, 0.2) is 0 Å². The second kappa shape index (κ2) is 5.72. The number of aliphatic hydroxyl groups excluding tert-OH is 1. The summed E-state index contributed by atoms with van der Waals surface area (Å²) >= 11 is 0. The Hall–Kier alpha value is -0.0800. The summed E-state index contributed by atoms with van der Waals surface area (Å²) in [6.45, 7) is 7.67. The van der Waals surface area contributed by atoms with Gasteiger partial charge in [-0.2, -0.15) is 0 Å². The first kappa shape index (κ1) is 12.0. The van der Waals surface area contributed by atoms with Crippen molar-refractivity contribution in [3.05, 3.63) is 0 Å². The third-order valence-electron chi connectivity index (χ3n) is 3.64. The molecule has 1 fully saturated rings. The van der Waals surface area contributed by atoms with Gasteiger partial charge in [0.05, 0.1) is 6.10 Å². The first-order valence-electron chi connectivity index (χ1n) is 6.14. The monoisotopic (exact) mass is 199 g/mol.